The van der Waals surface area contributed by atoms with Crippen LogP contribution in [0.15, 0.2) is 51.8 Å². The monoisotopic (exact) mass is 539 g/mol. The number of fused-ring (bicyclic) bond motifs is 2. The molecule has 2 aliphatic rings. The van der Waals surface area contributed by atoms with Crippen molar-refractivity contribution in [1.29, 1.82) is 0 Å². The molecule has 0 fully saturated rings. The number of benzene rings is 2. The van der Waals surface area contributed by atoms with E-state index in [1.54, 1.807) is 32.9 Å². The minimum atomic E-state index is -4.29. The zero-order chi connectivity index (χ0) is 27.9. The number of ketones is 2. The molecule has 0 aromatic heterocycles. The molecule has 2 aromatic carbocycles. The van der Waals surface area contributed by atoms with Crippen molar-refractivity contribution in [2.45, 2.75) is 76.2 Å². The number of anilines is 2. The van der Waals surface area contributed by atoms with Crippen LogP contribution in [0.25, 0.3) is 0 Å². The van der Waals surface area contributed by atoms with E-state index in [1.807, 2.05) is 26.0 Å². The largest absolute Gasteiger partial charge is 0.444 e. The standard InChI is InChI=1S/C28H33N3O6S/c1-6-14-28(15-7-2)19-11-9-8-10-18(19)23(32)22(24(28)33)25-30-20-13-12-17(16-21(20)38(35,36)31-25)29-26(34)37-27(3,4)5/h8-13,16,22H,6-7,14-15H2,1-5H3,(H,29,34)(H,30,31). The van der Waals surface area contributed by atoms with Gasteiger partial charge in [0.15, 0.2) is 11.6 Å². The van der Waals surface area contributed by atoms with Gasteiger partial charge in [-0.25, -0.2) is 4.79 Å². The number of carbonyl (C=O) groups excluding carboxylic acids is 3. The van der Waals surface area contributed by atoms with Gasteiger partial charge in [-0.1, -0.05) is 51.0 Å². The van der Waals surface area contributed by atoms with Gasteiger partial charge in [0.1, 0.15) is 22.3 Å². The van der Waals surface area contributed by atoms with Crippen molar-refractivity contribution in [1.82, 2.24) is 0 Å². The Kier molecular flexibility index (Phi) is 7.22. The van der Waals surface area contributed by atoms with E-state index in [2.05, 4.69) is 15.0 Å². The fourth-order valence-corrected chi connectivity index (χ4v) is 6.53. The number of nitrogens with zero attached hydrogens (tertiary/aromatic N) is 1. The predicted octanol–water partition coefficient (Wildman–Crippen LogP) is 5.47. The van der Waals surface area contributed by atoms with Crippen LogP contribution in [0, 0.1) is 5.92 Å². The second-order valence-electron chi connectivity index (χ2n) is 10.7. The first kappa shape index (κ1) is 27.5. The topological polar surface area (TPSA) is 131 Å². The lowest BCUT2D eigenvalue weighted by Gasteiger charge is -2.41. The number of Topliss-reactive ketones (excluding diaryl/α,β-unsaturated/α-hetero) is 2. The van der Waals surface area contributed by atoms with Crippen molar-refractivity contribution >= 4 is 44.9 Å². The summed E-state index contributed by atoms with van der Waals surface area (Å²) in [5.74, 6) is -2.38. The number of amidine groups is 1. The normalized spacial score (nSPS) is 19.5. The third-order valence-corrected chi connectivity index (χ3v) is 8.05. The highest BCUT2D eigenvalue weighted by molar-refractivity contribution is 7.90. The molecule has 2 N–H and O–H groups in total. The molecule has 202 valence electrons. The van der Waals surface area contributed by atoms with Crippen molar-refractivity contribution in [2.24, 2.45) is 10.3 Å². The smallest absolute Gasteiger partial charge is 0.412 e. The van der Waals surface area contributed by atoms with E-state index < -0.39 is 38.8 Å². The first-order chi connectivity index (χ1) is 17.8. The van der Waals surface area contributed by atoms with Crippen LogP contribution in [0.1, 0.15) is 76.2 Å². The predicted molar refractivity (Wildman–Crippen MR) is 145 cm³/mol. The van der Waals surface area contributed by atoms with E-state index >= 15 is 0 Å². The molecule has 1 amide bonds. The maximum absolute atomic E-state index is 14.1. The summed E-state index contributed by atoms with van der Waals surface area (Å²) in [5.41, 5.74) is -0.149. The summed E-state index contributed by atoms with van der Waals surface area (Å²) in [6.45, 7) is 9.11. The van der Waals surface area contributed by atoms with Crippen LogP contribution in [0.4, 0.5) is 16.2 Å². The summed E-state index contributed by atoms with van der Waals surface area (Å²) >= 11 is 0. The van der Waals surface area contributed by atoms with E-state index in [1.165, 1.54) is 18.2 Å². The van der Waals surface area contributed by atoms with Gasteiger partial charge in [-0.15, -0.1) is 4.40 Å². The molecule has 0 radical (unpaired) electrons. The number of amides is 1. The molecule has 1 heterocycles. The van der Waals surface area contributed by atoms with Gasteiger partial charge in [0.05, 0.1) is 11.1 Å². The quantitative estimate of drug-likeness (QED) is 0.466. The maximum atomic E-state index is 14.1. The van der Waals surface area contributed by atoms with Gasteiger partial charge in [0.25, 0.3) is 10.0 Å². The molecule has 9 nitrogen and oxygen atoms in total. The fourth-order valence-electron chi connectivity index (χ4n) is 5.34. The third-order valence-electron chi connectivity index (χ3n) is 6.72. The van der Waals surface area contributed by atoms with E-state index in [9.17, 15) is 22.8 Å². The molecule has 38 heavy (non-hydrogen) atoms. The van der Waals surface area contributed by atoms with Crippen molar-refractivity contribution in [3.05, 3.63) is 53.6 Å². The average Bonchev–Trinajstić information content (AvgIpc) is 2.82. The minimum Gasteiger partial charge on any atom is -0.444 e. The SMILES string of the molecule is CCCC1(CCC)C(=O)C(C2=NS(=O)(=O)c3cc(NC(=O)OC(C)(C)C)ccc3N2)C(=O)c2ccccc21. The molecular formula is C28H33N3O6S. The highest BCUT2D eigenvalue weighted by Gasteiger charge is 2.53. The van der Waals surface area contributed by atoms with Crippen molar-refractivity contribution in [3.8, 4) is 0 Å². The van der Waals surface area contributed by atoms with E-state index in [4.69, 9.17) is 4.74 Å². The van der Waals surface area contributed by atoms with Gasteiger partial charge < -0.3 is 10.1 Å². The van der Waals surface area contributed by atoms with Gasteiger partial charge in [0, 0.05) is 11.3 Å². The molecule has 4 rings (SSSR count). The molecule has 0 saturated carbocycles. The fraction of sp³-hybridized carbons (Fsp3) is 0.429. The second-order valence-corrected chi connectivity index (χ2v) is 12.3. The zero-order valence-corrected chi connectivity index (χ0v) is 23.1. The Morgan fingerprint density at radius 3 is 2.37 bits per heavy atom. The van der Waals surface area contributed by atoms with Crippen LogP contribution in [-0.4, -0.2) is 37.5 Å². The summed E-state index contributed by atoms with van der Waals surface area (Å²) < 4.78 is 35.7. The van der Waals surface area contributed by atoms with Gasteiger partial charge >= 0.3 is 6.09 Å². The Morgan fingerprint density at radius 1 is 1.08 bits per heavy atom. The Morgan fingerprint density at radius 2 is 1.74 bits per heavy atom. The highest BCUT2D eigenvalue weighted by Crippen LogP contribution is 2.45. The van der Waals surface area contributed by atoms with Crippen LogP contribution in [0.3, 0.4) is 0 Å². The summed E-state index contributed by atoms with van der Waals surface area (Å²) in [7, 11) is -4.29. The summed E-state index contributed by atoms with van der Waals surface area (Å²) in [6, 6.07) is 11.3. The molecule has 1 unspecified atom stereocenters. The molecule has 1 atom stereocenters. The Balaban J connectivity index is 1.74. The molecule has 1 aliphatic carbocycles. The summed E-state index contributed by atoms with van der Waals surface area (Å²) in [6.07, 6.45) is 1.78. The number of carbonyl (C=O) groups is 3. The lowest BCUT2D eigenvalue weighted by Crippen LogP contribution is -2.52. The van der Waals surface area contributed by atoms with E-state index in [-0.39, 0.29) is 27.9 Å². The van der Waals surface area contributed by atoms with Crippen LogP contribution in [0.2, 0.25) is 0 Å². The van der Waals surface area contributed by atoms with Crippen LogP contribution in [0.5, 0.6) is 0 Å². The number of hydrogen-bond donors (Lipinski definition) is 2. The van der Waals surface area contributed by atoms with Crippen molar-refractivity contribution < 1.29 is 27.5 Å². The van der Waals surface area contributed by atoms with Gasteiger partial charge in [-0.2, -0.15) is 8.42 Å². The molecule has 10 heteroatoms. The first-order valence-electron chi connectivity index (χ1n) is 12.8. The van der Waals surface area contributed by atoms with E-state index in [0.717, 1.165) is 12.8 Å². The molecule has 2 aromatic rings. The number of rotatable bonds is 6. The first-order valence-corrected chi connectivity index (χ1v) is 14.2. The number of nitrogens with one attached hydrogen (secondary N) is 2. The summed E-state index contributed by atoms with van der Waals surface area (Å²) in [4.78, 5) is 39.7. The van der Waals surface area contributed by atoms with Crippen LogP contribution in [-0.2, 0) is 25.0 Å². The van der Waals surface area contributed by atoms with Crippen molar-refractivity contribution in [2.75, 3.05) is 10.6 Å². The van der Waals surface area contributed by atoms with Gasteiger partial charge in [0.2, 0.25) is 0 Å². The Bertz CT molecular complexity index is 1430. The molecule has 0 saturated heterocycles. The van der Waals surface area contributed by atoms with Crippen LogP contribution < -0.4 is 10.6 Å². The lowest BCUT2D eigenvalue weighted by atomic mass is 9.60. The Hall–Kier alpha value is -3.53. The highest BCUT2D eigenvalue weighted by atomic mass is 32.2. The van der Waals surface area contributed by atoms with Gasteiger partial charge in [-0.3, -0.25) is 14.9 Å². The second kappa shape index (κ2) is 9.98. The van der Waals surface area contributed by atoms with Gasteiger partial charge in [-0.05, 0) is 57.4 Å². The van der Waals surface area contributed by atoms with E-state index in [0.29, 0.717) is 24.0 Å². The van der Waals surface area contributed by atoms with Crippen LogP contribution >= 0.6 is 0 Å². The molecule has 0 spiro atoms. The molecular weight excluding hydrogens is 506 g/mol. The number of ether oxygens (including phenoxy) is 1. The number of hydrogen-bond acceptors (Lipinski definition) is 7. The molecule has 1 aliphatic heterocycles. The summed E-state index contributed by atoms with van der Waals surface area (Å²) in [5, 5.41) is 5.45. The van der Waals surface area contributed by atoms with Crippen molar-refractivity contribution in [3.63, 3.8) is 0 Å². The third kappa shape index (κ3) is 4.97. The number of sulfonamides is 1. The maximum Gasteiger partial charge on any atom is 0.412 e. The zero-order valence-electron chi connectivity index (χ0n) is 22.3. The molecule has 0 bridgehead atoms. The minimum absolute atomic E-state index is 0.167. The Labute approximate surface area is 223 Å². The lowest BCUT2D eigenvalue weighted by molar-refractivity contribution is -0.126. The average molecular weight is 540 g/mol.